The van der Waals surface area contributed by atoms with Crippen LogP contribution in [0.1, 0.15) is 109 Å². The zero-order chi connectivity index (χ0) is 53.4. The summed E-state index contributed by atoms with van der Waals surface area (Å²) in [6, 6.07) is 9.53. The number of carboxylic acids is 3. The fourth-order valence-corrected chi connectivity index (χ4v) is 9.20. The van der Waals surface area contributed by atoms with Crippen molar-refractivity contribution in [1.82, 2.24) is 15.6 Å². The predicted molar refractivity (Wildman–Crippen MR) is 258 cm³/mol. The van der Waals surface area contributed by atoms with Crippen LogP contribution < -0.4 is 15.5 Å². The van der Waals surface area contributed by atoms with E-state index in [0.29, 0.717) is 34.8 Å². The molecule has 1 aromatic heterocycles. The molecule has 2 aliphatic rings. The van der Waals surface area contributed by atoms with Crippen LogP contribution in [0.3, 0.4) is 0 Å². The number of aliphatic carboxylic acids is 2. The highest BCUT2D eigenvalue weighted by Crippen LogP contribution is 2.48. The Bertz CT molecular complexity index is 3080. The lowest BCUT2D eigenvalue weighted by atomic mass is 9.80. The van der Waals surface area contributed by atoms with Crippen molar-refractivity contribution in [3.63, 3.8) is 0 Å². The number of nitrogens with zero attached hydrogens (tertiary/aromatic N) is 3. The minimum absolute atomic E-state index is 0.0257. The normalized spacial score (nSPS) is 16.4. The molecule has 0 spiro atoms. The van der Waals surface area contributed by atoms with Gasteiger partial charge in [0.25, 0.3) is 32.1 Å². The van der Waals surface area contributed by atoms with Gasteiger partial charge in [-0.25, -0.2) is 9.59 Å². The van der Waals surface area contributed by atoms with Crippen molar-refractivity contribution in [2.75, 3.05) is 29.5 Å². The summed E-state index contributed by atoms with van der Waals surface area (Å²) in [5.41, 5.74) is 3.63. The van der Waals surface area contributed by atoms with E-state index in [4.69, 9.17) is 12.6 Å². The summed E-state index contributed by atoms with van der Waals surface area (Å²) >= 11 is 0. The molecule has 0 fully saturated rings. The summed E-state index contributed by atoms with van der Waals surface area (Å²) < 4.78 is 92.6. The standard InChI is InChI=1S/C46H53N5O14S2.O3S/c1-7-8-20-50-36-16-11-29(40(52)48-27(2)42(54)55)23-32(36)45(3,4)38(50)18-13-28(34-15-10-31(25-47-34)43(56)57)14-19-39-46(5,6)33-24-30(41(53)49-35(44(58)59)26-67(63,64)65)12-17-37(33)51(39)21-9-22-66(60,61)62;1-4(2)3/h10-19,23-25,27,35H,7-9,20-22,26H2,1-6H3,(H6-,48,49,52,53,54,55,56,57,58,59,60,61,62,63,64,65);/p+1. The second-order valence-electron chi connectivity index (χ2n) is 17.5. The molecule has 0 aliphatic carbocycles. The van der Waals surface area contributed by atoms with Crippen molar-refractivity contribution in [2.45, 2.75) is 83.7 Å². The summed E-state index contributed by atoms with van der Waals surface area (Å²) in [5.74, 6) is -7.38. The summed E-state index contributed by atoms with van der Waals surface area (Å²) in [5, 5.41) is 33.2. The Morgan fingerprint density at radius 2 is 1.39 bits per heavy atom. The molecule has 2 atom stereocenters. The van der Waals surface area contributed by atoms with Gasteiger partial charge in [0.2, 0.25) is 5.69 Å². The van der Waals surface area contributed by atoms with Gasteiger partial charge in [-0.15, -0.1) is 12.6 Å². The summed E-state index contributed by atoms with van der Waals surface area (Å²) in [4.78, 5) is 68.2. The number of unbranched alkanes of at least 4 members (excludes halogenated alkanes) is 1. The largest absolute Gasteiger partial charge is 0.480 e. The van der Waals surface area contributed by atoms with E-state index in [2.05, 4.69) is 27.4 Å². The smallest absolute Gasteiger partial charge is 0.425 e. The number of rotatable bonds is 20. The minimum atomic E-state index is -4.79. The molecule has 5 rings (SSSR count). The SMILES string of the molecule is CCCCN1C(=CC=C(C=CC2=[N+](CCCS(=O)(=O)O)c3ccc(C(=O)NC(CS(=O)(=O)O)C(=O)O)cc3C2(C)C)c2ccc(C(=O)O)cn2)C(C)(C)c2cc(C(=O)NC(C)C(=O)O)ccc21.O=S(=O)=O. The van der Waals surface area contributed by atoms with Crippen LogP contribution in [0.5, 0.6) is 0 Å². The van der Waals surface area contributed by atoms with Gasteiger partial charge < -0.3 is 30.9 Å². The summed E-state index contributed by atoms with van der Waals surface area (Å²) in [6.07, 6.45) is 10.1. The third-order valence-electron chi connectivity index (χ3n) is 11.7. The number of pyridine rings is 1. The maximum Gasteiger partial charge on any atom is 0.425 e. The first kappa shape index (κ1) is 56.7. The first-order valence-corrected chi connectivity index (χ1v) is 25.9. The number of aromatic nitrogens is 1. The molecule has 2 aromatic carbocycles. The maximum absolute atomic E-state index is 13.3. The average Bonchev–Trinajstić information content (AvgIpc) is 3.61. The number of fused-ring (bicyclic) bond motifs is 2. The van der Waals surface area contributed by atoms with Crippen molar-refractivity contribution >= 4 is 83.2 Å². The van der Waals surface area contributed by atoms with E-state index in [1.54, 1.807) is 36.4 Å². The van der Waals surface area contributed by atoms with Crippen molar-refractivity contribution < 1.29 is 82.4 Å². The van der Waals surface area contributed by atoms with Gasteiger partial charge in [-0.1, -0.05) is 33.3 Å². The van der Waals surface area contributed by atoms with E-state index in [0.717, 1.165) is 29.8 Å². The highest BCUT2D eigenvalue weighted by atomic mass is 32.2. The van der Waals surface area contributed by atoms with Crippen molar-refractivity contribution in [2.24, 2.45) is 0 Å². The predicted octanol–water partition coefficient (Wildman–Crippen LogP) is 3.83. The Morgan fingerprint density at radius 3 is 1.93 bits per heavy atom. The van der Waals surface area contributed by atoms with Crippen LogP contribution in [0.4, 0.5) is 11.4 Å². The molecule has 382 valence electrons. The van der Waals surface area contributed by atoms with Gasteiger partial charge in [-0.2, -0.15) is 21.4 Å². The third kappa shape index (κ3) is 14.6. The average molecular weight is 1050 g/mol. The Hall–Kier alpha value is -6.93. The monoisotopic (exact) mass is 1040 g/mol. The number of nitrogens with one attached hydrogen (secondary N) is 2. The van der Waals surface area contributed by atoms with Gasteiger partial charge in [0.15, 0.2) is 5.71 Å². The van der Waals surface area contributed by atoms with E-state index in [1.807, 2.05) is 50.5 Å². The molecule has 3 aromatic rings. The first-order valence-electron chi connectivity index (χ1n) is 21.7. The summed E-state index contributed by atoms with van der Waals surface area (Å²) in [6.45, 7) is 11.8. The van der Waals surface area contributed by atoms with Crippen LogP contribution in [0.2, 0.25) is 0 Å². The Morgan fingerprint density at radius 1 is 0.803 bits per heavy atom. The minimum Gasteiger partial charge on any atom is -0.480 e. The molecule has 22 nitrogen and oxygen atoms in total. The van der Waals surface area contributed by atoms with Gasteiger partial charge in [0.05, 0.1) is 22.4 Å². The van der Waals surface area contributed by atoms with Gasteiger partial charge in [-0.3, -0.25) is 28.5 Å². The van der Waals surface area contributed by atoms with E-state index >= 15 is 0 Å². The molecule has 25 heteroatoms. The zero-order valence-corrected chi connectivity index (χ0v) is 41.8. The number of carbonyl (C=O) groups is 5. The van der Waals surface area contributed by atoms with Crippen LogP contribution in [0, 0.1) is 0 Å². The van der Waals surface area contributed by atoms with Crippen LogP contribution in [0.25, 0.3) is 5.57 Å². The number of hydrogen-bond acceptors (Lipinski definition) is 14. The van der Waals surface area contributed by atoms with Crippen LogP contribution in [-0.2, 0) is 51.3 Å². The lowest BCUT2D eigenvalue weighted by Gasteiger charge is -2.27. The molecule has 7 N–H and O–H groups in total. The first-order chi connectivity index (χ1) is 32.9. The molecular formula is C46H54N5O17S3+. The number of hydrogen-bond donors (Lipinski definition) is 7. The number of aromatic carboxylic acids is 1. The van der Waals surface area contributed by atoms with E-state index in [-0.39, 0.29) is 29.7 Å². The van der Waals surface area contributed by atoms with Crippen molar-refractivity contribution in [3.8, 4) is 0 Å². The Balaban J connectivity index is 0.00000263. The molecule has 2 amide bonds. The van der Waals surface area contributed by atoms with Gasteiger partial charge in [0, 0.05) is 70.4 Å². The van der Waals surface area contributed by atoms with Crippen LogP contribution >= 0.6 is 0 Å². The number of benzene rings is 2. The van der Waals surface area contributed by atoms with Crippen LogP contribution in [0.15, 0.2) is 84.7 Å². The second kappa shape index (κ2) is 22.9. The number of allylic oxidation sites excluding steroid dienone is 6. The molecule has 2 unspecified atom stereocenters. The fourth-order valence-electron chi connectivity index (χ4n) is 8.06. The third-order valence-corrected chi connectivity index (χ3v) is 13.2. The zero-order valence-electron chi connectivity index (χ0n) is 39.3. The molecular weight excluding hydrogens is 991 g/mol. The number of carbonyl (C=O) groups excluding carboxylic acids is 2. The fraction of sp³-hybridized carbons (Fsp3) is 0.370. The summed E-state index contributed by atoms with van der Waals surface area (Å²) in [7, 11) is -12.3. The Labute approximate surface area is 411 Å². The van der Waals surface area contributed by atoms with Gasteiger partial charge in [-0.05, 0) is 87.4 Å². The van der Waals surface area contributed by atoms with Crippen molar-refractivity contribution in [1.29, 1.82) is 0 Å². The van der Waals surface area contributed by atoms with E-state index in [1.165, 1.54) is 31.3 Å². The second-order valence-corrected chi connectivity index (χ2v) is 21.0. The number of carboxylic acid groups (broad SMARTS) is 3. The highest BCUT2D eigenvalue weighted by Gasteiger charge is 2.45. The highest BCUT2D eigenvalue weighted by molar-refractivity contribution is 7.86. The number of amides is 2. The molecule has 0 radical (unpaired) electrons. The van der Waals surface area contributed by atoms with Crippen LogP contribution in [-0.4, -0.2) is 136 Å². The molecule has 71 heavy (non-hydrogen) atoms. The molecule has 2 aliphatic heterocycles. The molecule has 0 saturated carbocycles. The Kier molecular flexibility index (Phi) is 18.3. The molecule has 3 heterocycles. The van der Waals surface area contributed by atoms with Crippen molar-refractivity contribution in [3.05, 3.63) is 118 Å². The molecule has 0 bridgehead atoms. The molecule has 0 saturated heterocycles. The lowest BCUT2D eigenvalue weighted by molar-refractivity contribution is -0.437. The van der Waals surface area contributed by atoms with E-state index in [9.17, 15) is 65.2 Å². The quantitative estimate of drug-likeness (QED) is 0.0480. The van der Waals surface area contributed by atoms with E-state index < -0.39 is 95.0 Å². The van der Waals surface area contributed by atoms with Gasteiger partial charge in [0.1, 0.15) is 24.4 Å². The topological polar surface area (TPSA) is 349 Å². The maximum atomic E-state index is 13.3. The van der Waals surface area contributed by atoms with Gasteiger partial charge >= 0.3 is 28.5 Å². The number of anilines is 1. The lowest BCUT2D eigenvalue weighted by Crippen LogP contribution is -2.45.